The molecule has 1 aromatic heterocycles. The van der Waals surface area contributed by atoms with Gasteiger partial charge in [0.05, 0.1) is 6.04 Å². The zero-order chi connectivity index (χ0) is 20.9. The van der Waals surface area contributed by atoms with Crippen molar-refractivity contribution < 1.29 is 9.59 Å². The van der Waals surface area contributed by atoms with Crippen molar-refractivity contribution in [3.05, 3.63) is 52.8 Å². The topological polar surface area (TPSA) is 61.7 Å². The van der Waals surface area contributed by atoms with Crippen molar-refractivity contribution in [2.24, 2.45) is 18.9 Å². The molecule has 2 aliphatic rings. The highest BCUT2D eigenvalue weighted by Gasteiger charge is 2.50. The zero-order valence-electron chi connectivity index (χ0n) is 17.8. The first-order chi connectivity index (χ1) is 13.8. The van der Waals surface area contributed by atoms with Crippen molar-refractivity contribution in [2.75, 3.05) is 33.7 Å². The molecule has 0 N–H and O–H groups in total. The fraction of sp³-hybridized carbons (Fsp3) is 0.500. The molecule has 2 fully saturated rings. The van der Waals surface area contributed by atoms with Crippen LogP contribution in [0.3, 0.4) is 0 Å². The number of urea groups is 1. The van der Waals surface area contributed by atoms with E-state index in [0.717, 1.165) is 5.69 Å². The SMILES string of the molecule is Cc1ccccc1[C@H]1[C@@H]2CN(C(=O)c3cc(C)n(C)n3)C[C@@H]2CN1C(=O)N(C)C. The van der Waals surface area contributed by atoms with Crippen molar-refractivity contribution in [1.29, 1.82) is 0 Å². The maximum absolute atomic E-state index is 13.0. The van der Waals surface area contributed by atoms with Crippen LogP contribution in [0.1, 0.15) is 33.4 Å². The van der Waals surface area contributed by atoms with E-state index >= 15 is 0 Å². The first-order valence-corrected chi connectivity index (χ1v) is 10.1. The number of hydrogen-bond donors (Lipinski definition) is 0. The molecule has 2 saturated heterocycles. The Labute approximate surface area is 171 Å². The number of fused-ring (bicyclic) bond motifs is 1. The van der Waals surface area contributed by atoms with Gasteiger partial charge < -0.3 is 14.7 Å². The van der Waals surface area contributed by atoms with E-state index in [-0.39, 0.29) is 29.8 Å². The number of benzene rings is 1. The van der Waals surface area contributed by atoms with Gasteiger partial charge in [0.2, 0.25) is 0 Å². The molecular weight excluding hydrogens is 366 g/mol. The molecule has 1 aromatic carbocycles. The summed E-state index contributed by atoms with van der Waals surface area (Å²) in [6.45, 7) is 6.02. The monoisotopic (exact) mass is 395 g/mol. The molecule has 4 rings (SSSR count). The Kier molecular flexibility index (Phi) is 4.84. The van der Waals surface area contributed by atoms with E-state index in [0.29, 0.717) is 25.3 Å². The summed E-state index contributed by atoms with van der Waals surface area (Å²) >= 11 is 0. The van der Waals surface area contributed by atoms with Gasteiger partial charge in [-0.3, -0.25) is 9.48 Å². The molecule has 7 nitrogen and oxygen atoms in total. The second-order valence-electron chi connectivity index (χ2n) is 8.56. The molecule has 154 valence electrons. The first kappa shape index (κ1) is 19.5. The van der Waals surface area contributed by atoms with Crippen molar-refractivity contribution >= 4 is 11.9 Å². The normalized spacial score (nSPS) is 23.4. The zero-order valence-corrected chi connectivity index (χ0v) is 17.8. The lowest BCUT2D eigenvalue weighted by molar-refractivity contribution is 0.0760. The van der Waals surface area contributed by atoms with Crippen LogP contribution in [0.2, 0.25) is 0 Å². The Bertz CT molecular complexity index is 931. The fourth-order valence-electron chi connectivity index (χ4n) is 4.81. The third-order valence-corrected chi connectivity index (χ3v) is 6.42. The molecule has 0 radical (unpaired) electrons. The van der Waals surface area contributed by atoms with Crippen LogP contribution in [0.25, 0.3) is 0 Å². The lowest BCUT2D eigenvalue weighted by Gasteiger charge is -2.32. The molecular formula is C22H29N5O2. The van der Waals surface area contributed by atoms with Crippen LogP contribution in [0.15, 0.2) is 30.3 Å². The number of aromatic nitrogens is 2. The van der Waals surface area contributed by atoms with Crippen molar-refractivity contribution in [2.45, 2.75) is 19.9 Å². The Hall–Kier alpha value is -2.83. The van der Waals surface area contributed by atoms with Gasteiger partial charge in [-0.15, -0.1) is 0 Å². The van der Waals surface area contributed by atoms with Gasteiger partial charge in [-0.1, -0.05) is 24.3 Å². The largest absolute Gasteiger partial charge is 0.337 e. The number of likely N-dealkylation sites (tertiary alicyclic amines) is 2. The second kappa shape index (κ2) is 7.21. The number of carbonyl (C=O) groups is 2. The lowest BCUT2D eigenvalue weighted by atomic mass is 9.88. The first-order valence-electron chi connectivity index (χ1n) is 10.1. The van der Waals surface area contributed by atoms with E-state index < -0.39 is 0 Å². The number of rotatable bonds is 2. The summed E-state index contributed by atoms with van der Waals surface area (Å²) in [5.74, 6) is 0.489. The van der Waals surface area contributed by atoms with Gasteiger partial charge in [-0.25, -0.2) is 4.79 Å². The molecule has 0 aliphatic carbocycles. The molecule has 0 bridgehead atoms. The molecule has 3 heterocycles. The summed E-state index contributed by atoms with van der Waals surface area (Å²) in [4.78, 5) is 31.5. The quantitative estimate of drug-likeness (QED) is 0.785. The predicted molar refractivity (Wildman–Crippen MR) is 111 cm³/mol. The summed E-state index contributed by atoms with van der Waals surface area (Å²) in [6.07, 6.45) is 0. The second-order valence-corrected chi connectivity index (χ2v) is 8.56. The Morgan fingerprint density at radius 2 is 1.83 bits per heavy atom. The third-order valence-electron chi connectivity index (χ3n) is 6.42. The van der Waals surface area contributed by atoms with E-state index in [2.05, 4.69) is 24.2 Å². The predicted octanol–water partition coefficient (Wildman–Crippen LogP) is 2.46. The number of hydrogen-bond acceptors (Lipinski definition) is 3. The molecule has 2 aliphatic heterocycles. The van der Waals surface area contributed by atoms with Crippen molar-refractivity contribution in [3.63, 3.8) is 0 Å². The molecule has 0 saturated carbocycles. The van der Waals surface area contributed by atoms with Crippen LogP contribution in [0.4, 0.5) is 4.79 Å². The van der Waals surface area contributed by atoms with Gasteiger partial charge in [-0.2, -0.15) is 5.10 Å². The van der Waals surface area contributed by atoms with E-state index in [1.807, 2.05) is 42.0 Å². The Morgan fingerprint density at radius 1 is 1.10 bits per heavy atom. The summed E-state index contributed by atoms with van der Waals surface area (Å²) in [6, 6.07) is 10.1. The highest BCUT2D eigenvalue weighted by molar-refractivity contribution is 5.92. The summed E-state index contributed by atoms with van der Waals surface area (Å²) in [7, 11) is 5.44. The van der Waals surface area contributed by atoms with Crippen LogP contribution in [-0.4, -0.2) is 70.1 Å². The minimum Gasteiger partial charge on any atom is -0.337 e. The van der Waals surface area contributed by atoms with E-state index in [1.165, 1.54) is 11.1 Å². The van der Waals surface area contributed by atoms with Crippen LogP contribution >= 0.6 is 0 Å². The van der Waals surface area contributed by atoms with Crippen LogP contribution in [-0.2, 0) is 7.05 Å². The fourth-order valence-corrected chi connectivity index (χ4v) is 4.81. The van der Waals surface area contributed by atoms with Crippen molar-refractivity contribution in [1.82, 2.24) is 24.5 Å². The molecule has 0 spiro atoms. The van der Waals surface area contributed by atoms with Crippen LogP contribution in [0.5, 0.6) is 0 Å². The summed E-state index contributed by atoms with van der Waals surface area (Å²) < 4.78 is 1.73. The number of amides is 3. The van der Waals surface area contributed by atoms with Gasteiger partial charge >= 0.3 is 6.03 Å². The third kappa shape index (κ3) is 3.28. The van der Waals surface area contributed by atoms with E-state index in [4.69, 9.17) is 0 Å². The number of carbonyl (C=O) groups excluding carboxylic acids is 2. The molecule has 2 aromatic rings. The summed E-state index contributed by atoms with van der Waals surface area (Å²) in [5.41, 5.74) is 3.82. The van der Waals surface area contributed by atoms with E-state index in [1.54, 1.807) is 23.7 Å². The maximum atomic E-state index is 13.0. The van der Waals surface area contributed by atoms with Gasteiger partial charge in [0.25, 0.3) is 5.91 Å². The molecule has 3 atom stereocenters. The van der Waals surface area contributed by atoms with Crippen molar-refractivity contribution in [3.8, 4) is 0 Å². The minimum atomic E-state index is -0.0166. The van der Waals surface area contributed by atoms with Crippen LogP contribution in [0, 0.1) is 25.7 Å². The van der Waals surface area contributed by atoms with Crippen LogP contribution < -0.4 is 0 Å². The van der Waals surface area contributed by atoms with Gasteiger partial charge in [0, 0.05) is 58.3 Å². The molecule has 7 heteroatoms. The Morgan fingerprint density at radius 3 is 2.45 bits per heavy atom. The molecule has 29 heavy (non-hydrogen) atoms. The minimum absolute atomic E-state index is 0.0145. The smallest absolute Gasteiger partial charge is 0.320 e. The lowest BCUT2D eigenvalue weighted by Crippen LogP contribution is -2.42. The Balaban J connectivity index is 1.63. The number of aryl methyl sites for hydroxylation is 3. The average molecular weight is 396 g/mol. The standard InChI is InChI=1S/C22H29N5O2/c1-14-8-6-7-9-17(14)20-18-13-26(21(28)19-10-15(2)25(5)23-19)11-16(18)12-27(20)22(29)24(3)4/h6-10,16,18,20H,11-13H2,1-5H3/t16-,18-,20+/m1/s1. The van der Waals surface area contributed by atoms with Gasteiger partial charge in [0.15, 0.2) is 5.69 Å². The molecule has 0 unspecified atom stereocenters. The van der Waals surface area contributed by atoms with Gasteiger partial charge in [-0.05, 0) is 31.0 Å². The van der Waals surface area contributed by atoms with Gasteiger partial charge in [0.1, 0.15) is 0 Å². The average Bonchev–Trinajstić information content (AvgIpc) is 3.34. The highest BCUT2D eigenvalue weighted by atomic mass is 16.2. The number of nitrogens with zero attached hydrogens (tertiary/aromatic N) is 5. The van der Waals surface area contributed by atoms with E-state index in [9.17, 15) is 9.59 Å². The molecule has 3 amide bonds. The summed E-state index contributed by atoms with van der Waals surface area (Å²) in [5, 5.41) is 4.36. The maximum Gasteiger partial charge on any atom is 0.320 e. The highest BCUT2D eigenvalue weighted by Crippen LogP contribution is 2.46.